The van der Waals surface area contributed by atoms with Crippen LogP contribution in [0.25, 0.3) is 0 Å². The van der Waals surface area contributed by atoms with Crippen molar-refractivity contribution in [2.24, 2.45) is 0 Å². The molecule has 0 atom stereocenters. The molecule has 1 aliphatic rings. The van der Waals surface area contributed by atoms with Gasteiger partial charge in [-0.15, -0.1) is 0 Å². The van der Waals surface area contributed by atoms with Crippen molar-refractivity contribution in [3.63, 3.8) is 0 Å². The zero-order valence-corrected chi connectivity index (χ0v) is 12.7. The molecule has 0 saturated carbocycles. The van der Waals surface area contributed by atoms with Gasteiger partial charge in [0.2, 0.25) is 5.91 Å². The third-order valence-electron chi connectivity index (χ3n) is 3.88. The van der Waals surface area contributed by atoms with Crippen LogP contribution in [-0.4, -0.2) is 66.7 Å². The van der Waals surface area contributed by atoms with Gasteiger partial charge in [-0.25, -0.2) is 0 Å². The summed E-state index contributed by atoms with van der Waals surface area (Å²) in [6.07, 6.45) is 1.04. The normalized spacial score (nSPS) is 17.4. The summed E-state index contributed by atoms with van der Waals surface area (Å²) in [5.41, 5.74) is 1.97. The molecule has 0 radical (unpaired) electrons. The van der Waals surface area contributed by atoms with E-state index in [1.54, 1.807) is 0 Å². The number of nitrogens with one attached hydrogen (secondary N) is 1. The van der Waals surface area contributed by atoms with Crippen molar-refractivity contribution in [1.29, 1.82) is 0 Å². The minimum absolute atomic E-state index is 0.0416. The van der Waals surface area contributed by atoms with Gasteiger partial charge in [-0.2, -0.15) is 0 Å². The van der Waals surface area contributed by atoms with Crippen molar-refractivity contribution in [1.82, 2.24) is 9.80 Å². The number of benzene rings is 1. The smallest absolute Gasteiger partial charge is 0.238 e. The predicted octanol–water partition coefficient (Wildman–Crippen LogP) is 0.934. The predicted molar refractivity (Wildman–Crippen MR) is 84.4 cm³/mol. The highest BCUT2D eigenvalue weighted by Gasteiger charge is 2.16. The van der Waals surface area contributed by atoms with Crippen LogP contribution in [0.1, 0.15) is 12.0 Å². The maximum absolute atomic E-state index is 12.1. The highest BCUT2D eigenvalue weighted by Crippen LogP contribution is 2.13. The molecule has 1 aromatic rings. The fourth-order valence-electron chi connectivity index (χ4n) is 2.65. The standard InChI is InChI=1S/C16H25N3O2/c1-14-5-2-3-6-15(14)17-16(21)13-19-8-4-7-18(9-10-19)11-12-20/h2-3,5-6,20H,4,7-13H2,1H3,(H,17,21). The van der Waals surface area contributed by atoms with Gasteiger partial charge in [0.25, 0.3) is 0 Å². The van der Waals surface area contributed by atoms with Crippen LogP contribution in [0.2, 0.25) is 0 Å². The summed E-state index contributed by atoms with van der Waals surface area (Å²) in [5.74, 6) is 0.0416. The van der Waals surface area contributed by atoms with Gasteiger partial charge in [0.15, 0.2) is 0 Å². The minimum atomic E-state index is 0.0416. The molecule has 21 heavy (non-hydrogen) atoms. The van der Waals surface area contributed by atoms with Crippen molar-refractivity contribution in [3.05, 3.63) is 29.8 Å². The summed E-state index contributed by atoms with van der Waals surface area (Å²) in [6.45, 7) is 7.08. The van der Waals surface area contributed by atoms with Crippen LogP contribution in [0.4, 0.5) is 5.69 Å². The molecule has 116 valence electrons. The van der Waals surface area contributed by atoms with Crippen molar-refractivity contribution in [3.8, 4) is 0 Å². The Morgan fingerprint density at radius 2 is 1.90 bits per heavy atom. The molecule has 0 aliphatic carbocycles. The van der Waals surface area contributed by atoms with Crippen molar-refractivity contribution in [2.45, 2.75) is 13.3 Å². The average molecular weight is 291 g/mol. The molecule has 0 spiro atoms. The van der Waals surface area contributed by atoms with Gasteiger partial charge in [0.05, 0.1) is 13.2 Å². The topological polar surface area (TPSA) is 55.8 Å². The highest BCUT2D eigenvalue weighted by molar-refractivity contribution is 5.92. The second kappa shape index (κ2) is 8.12. The molecular weight excluding hydrogens is 266 g/mol. The van der Waals surface area contributed by atoms with Crippen molar-refractivity contribution < 1.29 is 9.90 Å². The van der Waals surface area contributed by atoms with Crippen LogP contribution in [0, 0.1) is 6.92 Å². The SMILES string of the molecule is Cc1ccccc1NC(=O)CN1CCCN(CCO)CC1. The molecule has 1 amide bonds. The van der Waals surface area contributed by atoms with Gasteiger partial charge in [0, 0.05) is 25.3 Å². The number of para-hydroxylation sites is 1. The van der Waals surface area contributed by atoms with Gasteiger partial charge < -0.3 is 10.4 Å². The number of amides is 1. The lowest BCUT2D eigenvalue weighted by molar-refractivity contribution is -0.117. The summed E-state index contributed by atoms with van der Waals surface area (Å²) < 4.78 is 0. The number of carbonyl (C=O) groups excluding carboxylic acids is 1. The monoisotopic (exact) mass is 291 g/mol. The molecule has 1 aromatic carbocycles. The summed E-state index contributed by atoms with van der Waals surface area (Å²) in [5, 5.41) is 12.0. The Morgan fingerprint density at radius 1 is 1.19 bits per heavy atom. The molecule has 1 heterocycles. The Hall–Kier alpha value is -1.43. The lowest BCUT2D eigenvalue weighted by Crippen LogP contribution is -2.37. The van der Waals surface area contributed by atoms with Crippen LogP contribution in [0.15, 0.2) is 24.3 Å². The van der Waals surface area contributed by atoms with Gasteiger partial charge in [0.1, 0.15) is 0 Å². The Balaban J connectivity index is 1.81. The average Bonchev–Trinajstić information content (AvgIpc) is 2.67. The van der Waals surface area contributed by atoms with E-state index in [0.29, 0.717) is 6.54 Å². The van der Waals surface area contributed by atoms with Gasteiger partial charge in [-0.05, 0) is 38.1 Å². The molecule has 2 N–H and O–H groups in total. The second-order valence-corrected chi connectivity index (χ2v) is 5.56. The molecule has 0 aromatic heterocycles. The summed E-state index contributed by atoms with van der Waals surface area (Å²) in [7, 11) is 0. The zero-order chi connectivity index (χ0) is 15.1. The number of carbonyl (C=O) groups is 1. The third-order valence-corrected chi connectivity index (χ3v) is 3.88. The Kier molecular flexibility index (Phi) is 6.17. The first-order valence-corrected chi connectivity index (χ1v) is 7.60. The summed E-state index contributed by atoms with van der Waals surface area (Å²) in [4.78, 5) is 16.6. The van der Waals surface area contributed by atoms with Gasteiger partial charge >= 0.3 is 0 Å². The van der Waals surface area contributed by atoms with Crippen LogP contribution >= 0.6 is 0 Å². The van der Waals surface area contributed by atoms with E-state index in [4.69, 9.17) is 5.11 Å². The van der Waals surface area contributed by atoms with Crippen molar-refractivity contribution >= 4 is 11.6 Å². The van der Waals surface area contributed by atoms with Crippen LogP contribution in [0.3, 0.4) is 0 Å². The van der Waals surface area contributed by atoms with E-state index < -0.39 is 0 Å². The molecule has 1 aliphatic heterocycles. The fraction of sp³-hybridized carbons (Fsp3) is 0.562. The summed E-state index contributed by atoms with van der Waals surface area (Å²) in [6, 6.07) is 7.82. The number of nitrogens with zero attached hydrogens (tertiary/aromatic N) is 2. The van der Waals surface area contributed by atoms with E-state index >= 15 is 0 Å². The first kappa shape index (κ1) is 15.9. The van der Waals surface area contributed by atoms with E-state index in [0.717, 1.165) is 50.4 Å². The molecule has 0 bridgehead atoms. The van der Waals surface area contributed by atoms with E-state index in [1.807, 2.05) is 31.2 Å². The van der Waals surface area contributed by atoms with Gasteiger partial charge in [-0.3, -0.25) is 14.6 Å². The maximum Gasteiger partial charge on any atom is 0.238 e. The fourth-order valence-corrected chi connectivity index (χ4v) is 2.65. The minimum Gasteiger partial charge on any atom is -0.395 e. The molecule has 1 fully saturated rings. The maximum atomic E-state index is 12.1. The number of aliphatic hydroxyl groups is 1. The van der Waals surface area contributed by atoms with Crippen LogP contribution in [-0.2, 0) is 4.79 Å². The Labute approximate surface area is 126 Å². The molecule has 1 saturated heterocycles. The number of aryl methyl sites for hydroxylation is 1. The Morgan fingerprint density at radius 3 is 2.67 bits per heavy atom. The molecule has 5 heteroatoms. The summed E-state index contributed by atoms with van der Waals surface area (Å²) >= 11 is 0. The number of anilines is 1. The van der Waals surface area contributed by atoms with Crippen molar-refractivity contribution in [2.75, 3.05) is 51.2 Å². The lowest BCUT2D eigenvalue weighted by atomic mass is 10.2. The van der Waals surface area contributed by atoms with E-state index in [2.05, 4.69) is 15.1 Å². The first-order valence-electron chi connectivity index (χ1n) is 7.60. The largest absolute Gasteiger partial charge is 0.395 e. The van der Waals surface area contributed by atoms with E-state index in [1.165, 1.54) is 0 Å². The number of rotatable bonds is 5. The van der Waals surface area contributed by atoms with Crippen LogP contribution in [0.5, 0.6) is 0 Å². The Bertz CT molecular complexity index is 465. The lowest BCUT2D eigenvalue weighted by Gasteiger charge is -2.21. The molecule has 5 nitrogen and oxygen atoms in total. The highest BCUT2D eigenvalue weighted by atomic mass is 16.3. The molecular formula is C16H25N3O2. The van der Waals surface area contributed by atoms with Gasteiger partial charge in [-0.1, -0.05) is 18.2 Å². The second-order valence-electron chi connectivity index (χ2n) is 5.56. The van der Waals surface area contributed by atoms with E-state index in [-0.39, 0.29) is 12.5 Å². The molecule has 2 rings (SSSR count). The third kappa shape index (κ3) is 5.12. The van der Waals surface area contributed by atoms with E-state index in [9.17, 15) is 4.79 Å². The zero-order valence-electron chi connectivity index (χ0n) is 12.7. The quantitative estimate of drug-likeness (QED) is 0.847. The number of β-amino-alcohol motifs (C(OH)–C–C–N with tert-alkyl or cyclic N) is 1. The van der Waals surface area contributed by atoms with Crippen LogP contribution < -0.4 is 5.32 Å². The first-order chi connectivity index (χ1) is 10.2. The number of hydrogen-bond acceptors (Lipinski definition) is 4. The number of hydrogen-bond donors (Lipinski definition) is 2. The number of aliphatic hydroxyl groups excluding tert-OH is 1. The molecule has 0 unspecified atom stereocenters.